The van der Waals surface area contributed by atoms with Gasteiger partial charge in [0.15, 0.2) is 11.9 Å². The molecule has 2 N–H and O–H groups in total. The summed E-state index contributed by atoms with van der Waals surface area (Å²) in [6, 6.07) is 17.9. The quantitative estimate of drug-likeness (QED) is 0.168. The summed E-state index contributed by atoms with van der Waals surface area (Å²) in [6.07, 6.45) is -0.309. The maximum absolute atomic E-state index is 13.8. The summed E-state index contributed by atoms with van der Waals surface area (Å²) >= 11 is 25.6. The zero-order valence-corrected chi connectivity index (χ0v) is 29.8. The van der Waals surface area contributed by atoms with Gasteiger partial charge in [0, 0.05) is 10.7 Å². The van der Waals surface area contributed by atoms with Crippen LogP contribution in [0.25, 0.3) is 0 Å². The molecule has 2 atom stereocenters. The maximum Gasteiger partial charge on any atom is 0.280 e. The molecule has 0 saturated carbocycles. The fourth-order valence-corrected chi connectivity index (χ4v) is 6.07. The number of anilines is 2. The van der Waals surface area contributed by atoms with Gasteiger partial charge in [-0.3, -0.25) is 15.0 Å². The van der Waals surface area contributed by atoms with Crippen LogP contribution < -0.4 is 20.5 Å². The van der Waals surface area contributed by atoms with Crippen molar-refractivity contribution in [1.29, 1.82) is 0 Å². The molecule has 0 bridgehead atoms. The Morgan fingerprint density at radius 3 is 2.29 bits per heavy atom. The van der Waals surface area contributed by atoms with Crippen LogP contribution in [0, 0.1) is 27.7 Å². The third-order valence-electron chi connectivity index (χ3n) is 7.64. The van der Waals surface area contributed by atoms with Crippen LogP contribution in [0.4, 0.5) is 22.7 Å². The number of hydrogen-bond acceptors (Lipinski definition) is 6. The first-order valence-corrected chi connectivity index (χ1v) is 16.5. The fraction of sp³-hybridized carbons (Fsp3) is 0.229. The van der Waals surface area contributed by atoms with E-state index in [1.807, 2.05) is 65.0 Å². The van der Waals surface area contributed by atoms with Gasteiger partial charge in [0.25, 0.3) is 11.8 Å². The number of nitrogens with one attached hydrogen (secondary N) is 2. The Hall–Kier alpha value is -4.15. The number of hydrazine groups is 1. The molecule has 1 aliphatic heterocycles. The van der Waals surface area contributed by atoms with Crippen molar-refractivity contribution in [3.63, 3.8) is 0 Å². The number of ether oxygens (including phenoxy) is 1. The van der Waals surface area contributed by atoms with Crippen molar-refractivity contribution in [2.45, 2.75) is 53.2 Å². The van der Waals surface area contributed by atoms with Crippen molar-refractivity contribution >= 4 is 86.8 Å². The number of halogens is 4. The van der Waals surface area contributed by atoms with E-state index in [1.54, 1.807) is 24.3 Å². The van der Waals surface area contributed by atoms with Crippen molar-refractivity contribution in [2.24, 2.45) is 15.2 Å². The fourth-order valence-electron chi connectivity index (χ4n) is 4.92. The van der Waals surface area contributed by atoms with Gasteiger partial charge in [0.2, 0.25) is 6.04 Å². The van der Waals surface area contributed by atoms with E-state index in [1.165, 1.54) is 12.1 Å². The monoisotopic (exact) mass is 724 g/mol. The van der Waals surface area contributed by atoms with Gasteiger partial charge in [-0.05, 0) is 99.3 Å². The molecule has 0 aliphatic carbocycles. The number of benzene rings is 4. The number of amides is 2. The molecule has 1 aliphatic rings. The molecule has 9 nitrogen and oxygen atoms in total. The highest BCUT2D eigenvalue weighted by Crippen LogP contribution is 2.38. The number of carbonyl (C=O) groups excluding carboxylic acids is 2. The Labute approximate surface area is 298 Å². The van der Waals surface area contributed by atoms with Crippen LogP contribution in [0.3, 0.4) is 0 Å². The highest BCUT2D eigenvalue weighted by Gasteiger charge is 2.41. The minimum absolute atomic E-state index is 0.102. The third kappa shape index (κ3) is 7.93. The lowest BCUT2D eigenvalue weighted by Crippen LogP contribution is -2.36. The lowest BCUT2D eigenvalue weighted by molar-refractivity contribution is -0.123. The van der Waals surface area contributed by atoms with Crippen LogP contribution >= 0.6 is 46.4 Å². The van der Waals surface area contributed by atoms with E-state index >= 15 is 0 Å². The summed E-state index contributed by atoms with van der Waals surface area (Å²) in [5.41, 5.74) is 8.53. The summed E-state index contributed by atoms with van der Waals surface area (Å²) in [5.74, 6) is -0.146. The second-order valence-corrected chi connectivity index (χ2v) is 13.0. The summed E-state index contributed by atoms with van der Waals surface area (Å²) in [5, 5.41) is 13.6. The number of aryl methyl sites for hydroxylation is 4. The topological polar surface area (TPSA) is 108 Å². The lowest BCUT2D eigenvalue weighted by atomic mass is 10.1. The van der Waals surface area contributed by atoms with Gasteiger partial charge in [-0.15, -0.1) is 0 Å². The maximum atomic E-state index is 13.8. The van der Waals surface area contributed by atoms with E-state index in [4.69, 9.17) is 51.1 Å². The SMILES string of the molecule is CCC(Oc1ccc(C)cc1C)C(=O)Nc1ccc(Cl)c(N=C2NN(c3c(Cl)cc(Cl)cc3Cl)C(=O)C2N=Nc2ccc(C)c(C)c2)c1. The van der Waals surface area contributed by atoms with Crippen molar-refractivity contribution in [2.75, 3.05) is 10.3 Å². The summed E-state index contributed by atoms with van der Waals surface area (Å²) < 4.78 is 6.06. The Balaban J connectivity index is 1.47. The summed E-state index contributed by atoms with van der Waals surface area (Å²) in [6.45, 7) is 9.75. The molecule has 1 saturated heterocycles. The number of carbonyl (C=O) groups is 2. The zero-order chi connectivity index (χ0) is 34.7. The van der Waals surface area contributed by atoms with E-state index < -0.39 is 18.1 Å². The van der Waals surface area contributed by atoms with E-state index in [-0.39, 0.29) is 38.2 Å². The number of nitrogens with zero attached hydrogens (tertiary/aromatic N) is 4. The predicted molar refractivity (Wildman–Crippen MR) is 194 cm³/mol. The molecule has 5 rings (SSSR count). The molecule has 48 heavy (non-hydrogen) atoms. The average Bonchev–Trinajstić information content (AvgIpc) is 3.32. The van der Waals surface area contributed by atoms with E-state index in [0.717, 1.165) is 27.3 Å². The molecule has 0 radical (unpaired) electrons. The van der Waals surface area contributed by atoms with E-state index in [9.17, 15) is 9.59 Å². The van der Waals surface area contributed by atoms with Crippen LogP contribution in [-0.2, 0) is 9.59 Å². The van der Waals surface area contributed by atoms with Crippen LogP contribution in [0.5, 0.6) is 5.75 Å². The van der Waals surface area contributed by atoms with Gasteiger partial charge >= 0.3 is 0 Å². The first-order valence-electron chi connectivity index (χ1n) is 15.0. The summed E-state index contributed by atoms with van der Waals surface area (Å²) in [4.78, 5) is 31.8. The molecule has 2 unspecified atom stereocenters. The standard InChI is InChI=1S/C35H32Cl4N6O3/c1-6-29(48-30-12-7-18(2)13-21(30)5)34(46)40-23-10-11-25(37)28(17-23)41-33-31(43-42-24-9-8-19(3)20(4)14-24)35(47)45(44-33)32-26(38)15-22(36)16-27(32)39/h7-17,29,31H,6H2,1-5H3,(H,40,46)(H,41,44). The zero-order valence-electron chi connectivity index (χ0n) is 26.7. The smallest absolute Gasteiger partial charge is 0.280 e. The molecular formula is C35H32Cl4N6O3. The van der Waals surface area contributed by atoms with E-state index in [2.05, 4.69) is 26.0 Å². The minimum Gasteiger partial charge on any atom is -0.480 e. The number of rotatable bonds is 9. The van der Waals surface area contributed by atoms with Crippen molar-refractivity contribution < 1.29 is 14.3 Å². The highest BCUT2D eigenvalue weighted by molar-refractivity contribution is 6.43. The average molecular weight is 726 g/mol. The Morgan fingerprint density at radius 2 is 1.62 bits per heavy atom. The van der Waals surface area contributed by atoms with Crippen LogP contribution in [0.2, 0.25) is 20.1 Å². The van der Waals surface area contributed by atoms with Crippen LogP contribution in [-0.4, -0.2) is 29.8 Å². The molecule has 0 spiro atoms. The molecule has 0 aromatic heterocycles. The van der Waals surface area contributed by atoms with Gasteiger partial charge in [-0.2, -0.15) is 10.2 Å². The van der Waals surface area contributed by atoms with Crippen LogP contribution in [0.1, 0.15) is 35.6 Å². The normalized spacial score (nSPS) is 16.0. The van der Waals surface area contributed by atoms with E-state index in [0.29, 0.717) is 28.6 Å². The lowest BCUT2D eigenvalue weighted by Gasteiger charge is -2.19. The molecule has 1 fully saturated rings. The third-order valence-corrected chi connectivity index (χ3v) is 8.76. The second kappa shape index (κ2) is 15.0. The van der Waals surface area contributed by atoms with Gasteiger partial charge < -0.3 is 10.1 Å². The molecule has 4 aromatic carbocycles. The molecule has 2 amide bonds. The molecule has 4 aromatic rings. The molecule has 248 valence electrons. The van der Waals surface area contributed by atoms with Gasteiger partial charge in [0.05, 0.1) is 26.4 Å². The Morgan fingerprint density at radius 1 is 0.896 bits per heavy atom. The molecule has 1 heterocycles. The van der Waals surface area contributed by atoms with Gasteiger partial charge in [-0.25, -0.2) is 10.0 Å². The predicted octanol–water partition coefficient (Wildman–Crippen LogP) is 10.1. The van der Waals surface area contributed by atoms with Gasteiger partial charge in [0.1, 0.15) is 11.4 Å². The Bertz CT molecular complexity index is 1940. The number of aliphatic imine (C=N–C) groups is 1. The first kappa shape index (κ1) is 35.2. The van der Waals surface area contributed by atoms with Crippen molar-refractivity contribution in [3.8, 4) is 5.75 Å². The molecule has 13 heteroatoms. The second-order valence-electron chi connectivity index (χ2n) is 11.3. The van der Waals surface area contributed by atoms with Crippen LogP contribution in [0.15, 0.2) is 82.0 Å². The summed E-state index contributed by atoms with van der Waals surface area (Å²) in [7, 11) is 0. The number of amidine groups is 1. The number of hydrogen-bond donors (Lipinski definition) is 2. The largest absolute Gasteiger partial charge is 0.480 e. The van der Waals surface area contributed by atoms with Crippen molar-refractivity contribution in [3.05, 3.63) is 109 Å². The molecular weight excluding hydrogens is 694 g/mol. The highest BCUT2D eigenvalue weighted by atomic mass is 35.5. The Kier molecular flexibility index (Phi) is 11.0. The van der Waals surface area contributed by atoms with Gasteiger partial charge in [-0.1, -0.05) is 77.1 Å². The van der Waals surface area contributed by atoms with Crippen molar-refractivity contribution in [1.82, 2.24) is 5.43 Å². The first-order chi connectivity index (χ1) is 22.8. The minimum atomic E-state index is -1.21. The number of azo groups is 1.